The first kappa shape index (κ1) is 13.8. The molecule has 0 spiro atoms. The Labute approximate surface area is 115 Å². The first-order chi connectivity index (χ1) is 9.19. The van der Waals surface area contributed by atoms with Crippen LogP contribution in [0.4, 0.5) is 11.9 Å². The lowest BCUT2D eigenvalue weighted by atomic mass is 10.4. The molecule has 2 rings (SSSR count). The number of carbonyl (C=O) groups excluding carboxylic acids is 1. The minimum absolute atomic E-state index is 0.149. The monoisotopic (exact) mass is 284 g/mol. The Morgan fingerprint density at radius 2 is 2.16 bits per heavy atom. The van der Waals surface area contributed by atoms with Gasteiger partial charge in [0.05, 0.1) is 19.0 Å². The minimum Gasteiger partial charge on any atom is -0.378 e. The van der Waals surface area contributed by atoms with Gasteiger partial charge in [-0.2, -0.15) is 15.0 Å². The predicted molar refractivity (Wildman–Crippen MR) is 72.3 cm³/mol. The Hall–Kier alpha value is -1.61. The van der Waals surface area contributed by atoms with Gasteiger partial charge in [-0.3, -0.25) is 4.79 Å². The van der Waals surface area contributed by atoms with Crippen molar-refractivity contribution in [2.45, 2.75) is 5.16 Å². The molecule has 0 aliphatic carbocycles. The van der Waals surface area contributed by atoms with Gasteiger partial charge in [0, 0.05) is 20.1 Å². The first-order valence-corrected chi connectivity index (χ1v) is 6.85. The summed E-state index contributed by atoms with van der Waals surface area (Å²) in [6.07, 6.45) is 0. The van der Waals surface area contributed by atoms with Crippen LogP contribution in [0.5, 0.6) is 0 Å². The third-order valence-corrected chi connectivity index (χ3v) is 3.33. The zero-order valence-corrected chi connectivity index (χ0v) is 11.4. The predicted octanol–water partition coefficient (Wildman–Crippen LogP) is -0.673. The zero-order valence-electron chi connectivity index (χ0n) is 10.6. The number of nitrogens with two attached hydrogens (primary N) is 1. The van der Waals surface area contributed by atoms with Crippen LogP contribution in [0.25, 0.3) is 0 Å². The number of morpholine rings is 1. The number of hydrogen-bond acceptors (Lipinski definition) is 8. The largest absolute Gasteiger partial charge is 0.378 e. The van der Waals surface area contributed by atoms with Gasteiger partial charge in [0.2, 0.25) is 17.8 Å². The highest BCUT2D eigenvalue weighted by Gasteiger charge is 2.16. The van der Waals surface area contributed by atoms with E-state index < -0.39 is 5.91 Å². The van der Waals surface area contributed by atoms with Crippen molar-refractivity contribution in [3.8, 4) is 0 Å². The van der Waals surface area contributed by atoms with Crippen molar-refractivity contribution in [1.82, 2.24) is 15.0 Å². The maximum atomic E-state index is 10.8. The summed E-state index contributed by atoms with van der Waals surface area (Å²) in [7, 11) is 1.74. The first-order valence-electron chi connectivity index (χ1n) is 5.86. The van der Waals surface area contributed by atoms with Gasteiger partial charge in [0.25, 0.3) is 0 Å². The Morgan fingerprint density at radius 3 is 2.79 bits per heavy atom. The fourth-order valence-corrected chi connectivity index (χ4v) is 2.13. The maximum Gasteiger partial charge on any atom is 0.231 e. The number of primary amides is 1. The van der Waals surface area contributed by atoms with E-state index in [4.69, 9.17) is 10.5 Å². The topological polar surface area (TPSA) is 106 Å². The molecule has 1 amide bonds. The fourth-order valence-electron chi connectivity index (χ4n) is 1.56. The van der Waals surface area contributed by atoms with E-state index >= 15 is 0 Å². The number of anilines is 2. The van der Waals surface area contributed by atoms with Crippen LogP contribution in [0.2, 0.25) is 0 Å². The van der Waals surface area contributed by atoms with Crippen LogP contribution >= 0.6 is 11.8 Å². The molecule has 0 aromatic carbocycles. The van der Waals surface area contributed by atoms with Crippen LogP contribution in [-0.4, -0.2) is 60.0 Å². The molecule has 1 aromatic heterocycles. The molecule has 0 atom stereocenters. The van der Waals surface area contributed by atoms with E-state index in [0.717, 1.165) is 13.1 Å². The maximum absolute atomic E-state index is 10.8. The second-order valence-electron chi connectivity index (χ2n) is 3.85. The number of hydrogen-bond donors (Lipinski definition) is 2. The fraction of sp³-hybridized carbons (Fsp3) is 0.600. The molecule has 1 fully saturated rings. The lowest BCUT2D eigenvalue weighted by Crippen LogP contribution is -2.37. The number of nitrogens with one attached hydrogen (secondary N) is 1. The standard InChI is InChI=1S/C10H16N6O2S/c1-12-8-13-9(16-2-4-18-5-3-16)15-10(14-8)19-6-7(11)17/h2-6H2,1H3,(H2,11,17)(H,12,13,14,15). The molecule has 9 heteroatoms. The molecular weight excluding hydrogens is 268 g/mol. The average Bonchev–Trinajstić information content (AvgIpc) is 2.45. The van der Waals surface area contributed by atoms with Crippen LogP contribution in [0.1, 0.15) is 0 Å². The molecule has 1 aromatic rings. The van der Waals surface area contributed by atoms with Crippen molar-refractivity contribution in [3.05, 3.63) is 0 Å². The van der Waals surface area contributed by atoms with Crippen LogP contribution in [0.15, 0.2) is 5.16 Å². The highest BCUT2D eigenvalue weighted by atomic mass is 32.2. The Morgan fingerprint density at radius 1 is 1.42 bits per heavy atom. The highest BCUT2D eigenvalue weighted by Crippen LogP contribution is 2.18. The SMILES string of the molecule is CNc1nc(SCC(N)=O)nc(N2CCOCC2)n1. The van der Waals surface area contributed by atoms with Crippen molar-refractivity contribution in [3.63, 3.8) is 0 Å². The summed E-state index contributed by atoms with van der Waals surface area (Å²) in [5.74, 6) is 0.817. The number of rotatable bonds is 5. The summed E-state index contributed by atoms with van der Waals surface area (Å²) in [6, 6.07) is 0. The third-order valence-electron chi connectivity index (χ3n) is 2.46. The van der Waals surface area contributed by atoms with E-state index in [1.54, 1.807) is 7.05 Å². The van der Waals surface area contributed by atoms with Crippen LogP contribution in [0.3, 0.4) is 0 Å². The number of carbonyl (C=O) groups is 1. The molecule has 3 N–H and O–H groups in total. The molecule has 0 unspecified atom stereocenters. The number of ether oxygens (including phenoxy) is 1. The van der Waals surface area contributed by atoms with Gasteiger partial charge in [0.15, 0.2) is 5.16 Å². The normalized spacial score (nSPS) is 15.3. The summed E-state index contributed by atoms with van der Waals surface area (Å²) in [5.41, 5.74) is 5.12. The number of aromatic nitrogens is 3. The summed E-state index contributed by atoms with van der Waals surface area (Å²) in [6.45, 7) is 2.80. The van der Waals surface area contributed by atoms with E-state index in [1.807, 2.05) is 4.90 Å². The minimum atomic E-state index is -0.399. The number of thioether (sulfide) groups is 1. The van der Waals surface area contributed by atoms with Gasteiger partial charge in [-0.15, -0.1) is 0 Å². The number of nitrogens with zero attached hydrogens (tertiary/aromatic N) is 4. The van der Waals surface area contributed by atoms with Crippen molar-refractivity contribution in [2.75, 3.05) is 49.3 Å². The van der Waals surface area contributed by atoms with E-state index in [2.05, 4.69) is 20.3 Å². The van der Waals surface area contributed by atoms with Gasteiger partial charge in [-0.25, -0.2) is 0 Å². The molecule has 1 saturated heterocycles. The Bertz CT molecular complexity index is 452. The van der Waals surface area contributed by atoms with E-state index in [9.17, 15) is 4.79 Å². The van der Waals surface area contributed by atoms with Gasteiger partial charge in [-0.1, -0.05) is 11.8 Å². The average molecular weight is 284 g/mol. The lowest BCUT2D eigenvalue weighted by Gasteiger charge is -2.26. The lowest BCUT2D eigenvalue weighted by molar-refractivity contribution is -0.115. The third kappa shape index (κ3) is 3.93. The van der Waals surface area contributed by atoms with Crippen molar-refractivity contribution in [1.29, 1.82) is 0 Å². The summed E-state index contributed by atoms with van der Waals surface area (Å²) in [5, 5.41) is 3.37. The van der Waals surface area contributed by atoms with Crippen molar-refractivity contribution in [2.24, 2.45) is 5.73 Å². The summed E-state index contributed by atoms with van der Waals surface area (Å²) >= 11 is 1.20. The molecule has 0 saturated carbocycles. The van der Waals surface area contributed by atoms with Crippen LogP contribution in [-0.2, 0) is 9.53 Å². The van der Waals surface area contributed by atoms with E-state index in [0.29, 0.717) is 30.3 Å². The molecular formula is C10H16N6O2S. The number of amides is 1. The highest BCUT2D eigenvalue weighted by molar-refractivity contribution is 7.99. The molecule has 1 aliphatic heterocycles. The van der Waals surface area contributed by atoms with Crippen molar-refractivity contribution < 1.29 is 9.53 Å². The Balaban J connectivity index is 2.16. The molecule has 0 radical (unpaired) electrons. The van der Waals surface area contributed by atoms with E-state index in [1.165, 1.54) is 11.8 Å². The quantitative estimate of drug-likeness (QED) is 0.686. The van der Waals surface area contributed by atoms with Gasteiger partial charge in [0.1, 0.15) is 0 Å². The second-order valence-corrected chi connectivity index (χ2v) is 4.79. The van der Waals surface area contributed by atoms with Gasteiger partial charge < -0.3 is 20.7 Å². The van der Waals surface area contributed by atoms with Crippen LogP contribution < -0.4 is 16.0 Å². The summed E-state index contributed by atoms with van der Waals surface area (Å²) in [4.78, 5) is 25.7. The van der Waals surface area contributed by atoms with E-state index in [-0.39, 0.29) is 5.75 Å². The van der Waals surface area contributed by atoms with Crippen molar-refractivity contribution >= 4 is 29.6 Å². The van der Waals surface area contributed by atoms with Gasteiger partial charge >= 0.3 is 0 Å². The molecule has 19 heavy (non-hydrogen) atoms. The van der Waals surface area contributed by atoms with Crippen LogP contribution in [0, 0.1) is 0 Å². The Kier molecular flexibility index (Phi) is 4.74. The molecule has 2 heterocycles. The summed E-state index contributed by atoms with van der Waals surface area (Å²) < 4.78 is 5.29. The molecule has 0 bridgehead atoms. The molecule has 1 aliphatic rings. The molecule has 8 nitrogen and oxygen atoms in total. The zero-order chi connectivity index (χ0) is 13.7. The second kappa shape index (κ2) is 6.53. The smallest absolute Gasteiger partial charge is 0.231 e. The van der Waals surface area contributed by atoms with Gasteiger partial charge in [-0.05, 0) is 0 Å². The molecule has 104 valence electrons.